The van der Waals surface area contributed by atoms with Gasteiger partial charge in [-0.2, -0.15) is 13.2 Å². The molecule has 7 heteroatoms. The van der Waals surface area contributed by atoms with Crippen LogP contribution in [0.3, 0.4) is 0 Å². The highest BCUT2D eigenvalue weighted by molar-refractivity contribution is 5.94. The minimum Gasteiger partial charge on any atom is -0.339 e. The Hall–Kier alpha value is -2.05. The molecule has 1 aromatic carbocycles. The Balaban J connectivity index is 1.31. The maximum absolute atomic E-state index is 12.9. The molecule has 152 valence electrons. The van der Waals surface area contributed by atoms with Gasteiger partial charge in [0.2, 0.25) is 5.91 Å². The number of rotatable bonds is 3. The molecule has 3 fully saturated rings. The summed E-state index contributed by atoms with van der Waals surface area (Å²) in [6, 6.07) is 4.52. The van der Waals surface area contributed by atoms with E-state index in [1.807, 2.05) is 4.90 Å². The van der Waals surface area contributed by atoms with E-state index in [9.17, 15) is 22.8 Å². The summed E-state index contributed by atoms with van der Waals surface area (Å²) in [4.78, 5) is 28.6. The summed E-state index contributed by atoms with van der Waals surface area (Å²) < 4.78 is 38.6. The van der Waals surface area contributed by atoms with Crippen molar-refractivity contribution in [3.05, 3.63) is 35.4 Å². The van der Waals surface area contributed by atoms with Crippen molar-refractivity contribution in [1.29, 1.82) is 0 Å². The predicted molar refractivity (Wildman–Crippen MR) is 97.5 cm³/mol. The summed E-state index contributed by atoms with van der Waals surface area (Å²) in [5, 5.41) is 0. The van der Waals surface area contributed by atoms with Crippen molar-refractivity contribution < 1.29 is 22.8 Å². The molecule has 4 rings (SSSR count). The Morgan fingerprint density at radius 2 is 1.71 bits per heavy atom. The fourth-order valence-corrected chi connectivity index (χ4v) is 5.15. The fourth-order valence-electron chi connectivity index (χ4n) is 5.15. The van der Waals surface area contributed by atoms with Gasteiger partial charge in [-0.1, -0.05) is 12.5 Å². The molecule has 2 aliphatic carbocycles. The lowest BCUT2D eigenvalue weighted by molar-refractivity contribution is -0.137. The van der Waals surface area contributed by atoms with E-state index in [0.29, 0.717) is 44.4 Å². The lowest BCUT2D eigenvalue weighted by atomic mass is 9.86. The number of hydrogen-bond acceptors (Lipinski definition) is 2. The second-order valence-electron chi connectivity index (χ2n) is 8.39. The SMILES string of the molecule is O=C(C[C@@H]1C[C@H]2CC[C@H]1C2)N1CCN(C(=O)c2cccc(C(F)(F)F)c2)CC1. The monoisotopic (exact) mass is 394 g/mol. The lowest BCUT2D eigenvalue weighted by Crippen LogP contribution is -2.51. The smallest absolute Gasteiger partial charge is 0.339 e. The van der Waals surface area contributed by atoms with Gasteiger partial charge in [-0.25, -0.2) is 0 Å². The Bertz CT molecular complexity index is 756. The van der Waals surface area contributed by atoms with Crippen molar-refractivity contribution >= 4 is 11.8 Å². The highest BCUT2D eigenvalue weighted by atomic mass is 19.4. The zero-order chi connectivity index (χ0) is 19.9. The van der Waals surface area contributed by atoms with E-state index >= 15 is 0 Å². The first kappa shape index (κ1) is 19.3. The van der Waals surface area contributed by atoms with Crippen LogP contribution in [0, 0.1) is 17.8 Å². The quantitative estimate of drug-likeness (QED) is 0.782. The Kier molecular flexibility index (Phi) is 5.10. The Morgan fingerprint density at radius 1 is 1.00 bits per heavy atom. The van der Waals surface area contributed by atoms with E-state index in [4.69, 9.17) is 0 Å². The second-order valence-corrected chi connectivity index (χ2v) is 8.39. The third-order valence-corrected chi connectivity index (χ3v) is 6.68. The summed E-state index contributed by atoms with van der Waals surface area (Å²) >= 11 is 0. The van der Waals surface area contributed by atoms with Gasteiger partial charge in [0.15, 0.2) is 0 Å². The molecular weight excluding hydrogens is 369 g/mol. The zero-order valence-corrected chi connectivity index (χ0v) is 15.8. The van der Waals surface area contributed by atoms with Crippen molar-refractivity contribution in [2.24, 2.45) is 17.8 Å². The zero-order valence-electron chi connectivity index (χ0n) is 15.8. The molecule has 1 heterocycles. The van der Waals surface area contributed by atoms with E-state index in [1.54, 1.807) is 0 Å². The predicted octanol–water partition coefficient (Wildman–Crippen LogP) is 3.82. The van der Waals surface area contributed by atoms with Crippen molar-refractivity contribution in [3.8, 4) is 0 Å². The van der Waals surface area contributed by atoms with E-state index in [0.717, 1.165) is 18.1 Å². The fraction of sp³-hybridized carbons (Fsp3) is 0.619. The number of carbonyl (C=O) groups excluding carboxylic acids is 2. The first-order valence-electron chi connectivity index (χ1n) is 10.1. The number of halogens is 3. The normalized spacial score (nSPS) is 27.3. The van der Waals surface area contributed by atoms with Crippen LogP contribution in [-0.2, 0) is 11.0 Å². The van der Waals surface area contributed by atoms with Crippen LogP contribution in [-0.4, -0.2) is 47.8 Å². The van der Waals surface area contributed by atoms with Crippen molar-refractivity contribution in [2.45, 2.75) is 38.3 Å². The van der Waals surface area contributed by atoms with Gasteiger partial charge in [-0.3, -0.25) is 9.59 Å². The standard InChI is InChI=1S/C21H25F3N2O2/c22-21(23,24)18-3-1-2-16(12-18)20(28)26-8-6-25(7-9-26)19(27)13-17-11-14-4-5-15(17)10-14/h1-3,12,14-15,17H,4-11,13H2/t14-,15-,17-/m0/s1. The molecule has 2 amide bonds. The van der Waals surface area contributed by atoms with Crippen LogP contribution in [0.2, 0.25) is 0 Å². The minimum atomic E-state index is -4.47. The third kappa shape index (κ3) is 3.89. The number of piperazine rings is 1. The molecule has 1 aromatic rings. The summed E-state index contributed by atoms with van der Waals surface area (Å²) in [6.45, 7) is 1.61. The van der Waals surface area contributed by atoms with Crippen LogP contribution in [0.5, 0.6) is 0 Å². The molecule has 28 heavy (non-hydrogen) atoms. The number of nitrogens with zero attached hydrogens (tertiary/aromatic N) is 2. The third-order valence-electron chi connectivity index (χ3n) is 6.68. The van der Waals surface area contributed by atoms with Crippen molar-refractivity contribution in [2.75, 3.05) is 26.2 Å². The molecule has 0 aromatic heterocycles. The molecule has 1 aliphatic heterocycles. The molecule has 0 N–H and O–H groups in total. The topological polar surface area (TPSA) is 40.6 Å². The Morgan fingerprint density at radius 3 is 2.32 bits per heavy atom. The second kappa shape index (κ2) is 7.41. The van der Waals surface area contributed by atoms with Crippen molar-refractivity contribution in [3.63, 3.8) is 0 Å². The first-order chi connectivity index (χ1) is 13.3. The highest BCUT2D eigenvalue weighted by Gasteiger charge is 2.41. The van der Waals surface area contributed by atoms with Crippen LogP contribution in [0.4, 0.5) is 13.2 Å². The maximum Gasteiger partial charge on any atom is 0.416 e. The van der Waals surface area contributed by atoms with Crippen LogP contribution >= 0.6 is 0 Å². The molecule has 0 unspecified atom stereocenters. The van der Waals surface area contributed by atoms with E-state index in [-0.39, 0.29) is 11.5 Å². The molecule has 1 saturated heterocycles. The molecule has 3 atom stereocenters. The Labute approximate surface area is 162 Å². The van der Waals surface area contributed by atoms with Gasteiger partial charge < -0.3 is 9.80 Å². The van der Waals surface area contributed by atoms with E-state index < -0.39 is 17.6 Å². The molecule has 0 spiro atoms. The summed E-state index contributed by atoms with van der Waals surface area (Å²) in [5.74, 6) is 1.77. The lowest BCUT2D eigenvalue weighted by Gasteiger charge is -2.36. The molecule has 2 saturated carbocycles. The van der Waals surface area contributed by atoms with Gasteiger partial charge in [0.1, 0.15) is 0 Å². The van der Waals surface area contributed by atoms with Gasteiger partial charge in [0.05, 0.1) is 5.56 Å². The van der Waals surface area contributed by atoms with Gasteiger partial charge in [0, 0.05) is 38.2 Å². The summed E-state index contributed by atoms with van der Waals surface area (Å²) in [7, 11) is 0. The summed E-state index contributed by atoms with van der Waals surface area (Å²) in [6.07, 6.45) is 1.14. The summed E-state index contributed by atoms with van der Waals surface area (Å²) in [5.41, 5.74) is -0.783. The van der Waals surface area contributed by atoms with Gasteiger partial charge in [0.25, 0.3) is 5.91 Å². The maximum atomic E-state index is 12.9. The minimum absolute atomic E-state index is 0.0385. The number of fused-ring (bicyclic) bond motifs is 2. The number of amides is 2. The average Bonchev–Trinajstić information content (AvgIpc) is 3.30. The molecule has 3 aliphatic rings. The van der Waals surface area contributed by atoms with E-state index in [2.05, 4.69) is 0 Å². The highest BCUT2D eigenvalue weighted by Crippen LogP contribution is 2.49. The van der Waals surface area contributed by atoms with Gasteiger partial charge >= 0.3 is 6.18 Å². The number of hydrogen-bond donors (Lipinski definition) is 0. The number of carbonyl (C=O) groups is 2. The van der Waals surface area contributed by atoms with Crippen LogP contribution in [0.15, 0.2) is 24.3 Å². The van der Waals surface area contributed by atoms with Crippen LogP contribution < -0.4 is 0 Å². The van der Waals surface area contributed by atoms with Gasteiger partial charge in [-0.15, -0.1) is 0 Å². The molecule has 2 bridgehead atoms. The average molecular weight is 394 g/mol. The van der Waals surface area contributed by atoms with Crippen molar-refractivity contribution in [1.82, 2.24) is 9.80 Å². The van der Waals surface area contributed by atoms with Gasteiger partial charge in [-0.05, 0) is 55.2 Å². The largest absolute Gasteiger partial charge is 0.416 e. The van der Waals surface area contributed by atoms with E-state index in [1.165, 1.54) is 42.7 Å². The molecule has 0 radical (unpaired) electrons. The number of alkyl halides is 3. The first-order valence-corrected chi connectivity index (χ1v) is 10.1. The molecular formula is C21H25F3N2O2. The number of benzene rings is 1. The van der Waals surface area contributed by atoms with Crippen LogP contribution in [0.1, 0.15) is 48.0 Å². The van der Waals surface area contributed by atoms with Crippen LogP contribution in [0.25, 0.3) is 0 Å². The molecule has 4 nitrogen and oxygen atoms in total.